The zero-order chi connectivity index (χ0) is 13.4. The molecule has 0 unspecified atom stereocenters. The number of benzene rings is 2. The quantitative estimate of drug-likeness (QED) is 0.633. The van der Waals surface area contributed by atoms with Gasteiger partial charge in [-0.05, 0) is 47.7 Å². The lowest BCUT2D eigenvalue weighted by atomic mass is 10.2. The van der Waals surface area contributed by atoms with Crippen LogP contribution in [0.1, 0.15) is 11.1 Å². The van der Waals surface area contributed by atoms with E-state index < -0.39 is 0 Å². The third-order valence-corrected chi connectivity index (χ3v) is 4.02. The third-order valence-electron chi connectivity index (χ3n) is 3.29. The molecule has 0 saturated carbocycles. The molecule has 0 fully saturated rings. The fraction of sp³-hybridized carbons (Fsp3) is 0.125. The van der Waals surface area contributed by atoms with Crippen molar-refractivity contribution in [2.75, 3.05) is 0 Å². The van der Waals surface area contributed by atoms with Gasteiger partial charge in [0.2, 0.25) is 0 Å². The van der Waals surface area contributed by atoms with Gasteiger partial charge in [0.1, 0.15) is 5.82 Å². The molecule has 0 aliphatic heterocycles. The first-order chi connectivity index (χ1) is 9.13. The van der Waals surface area contributed by atoms with Crippen molar-refractivity contribution in [3.05, 3.63) is 70.1 Å². The number of hydrogen-bond acceptors (Lipinski definition) is 0. The molecule has 0 N–H and O–H groups in total. The molecular weight excluding hydrogens is 305 g/mol. The summed E-state index contributed by atoms with van der Waals surface area (Å²) in [5, 5.41) is 1.23. The second kappa shape index (κ2) is 4.82. The van der Waals surface area contributed by atoms with E-state index in [0.717, 1.165) is 16.6 Å². The van der Waals surface area contributed by atoms with Gasteiger partial charge in [-0.3, -0.25) is 0 Å². The molecule has 0 saturated heterocycles. The Balaban J connectivity index is 2.03. The zero-order valence-electron chi connectivity index (χ0n) is 10.5. The normalized spacial score (nSPS) is 11.1. The Morgan fingerprint density at radius 1 is 1.11 bits per heavy atom. The summed E-state index contributed by atoms with van der Waals surface area (Å²) in [5.74, 6) is -0.219. The van der Waals surface area contributed by atoms with Gasteiger partial charge in [0.05, 0.1) is 0 Å². The van der Waals surface area contributed by atoms with Crippen LogP contribution in [0.3, 0.4) is 0 Å². The minimum absolute atomic E-state index is 0.219. The summed E-state index contributed by atoms with van der Waals surface area (Å²) in [6.07, 6.45) is 2.07. The van der Waals surface area contributed by atoms with Crippen LogP contribution in [-0.2, 0) is 6.54 Å². The molecule has 1 aromatic heterocycles. The van der Waals surface area contributed by atoms with Gasteiger partial charge in [0.25, 0.3) is 0 Å². The van der Waals surface area contributed by atoms with E-state index in [1.165, 1.54) is 28.6 Å². The summed E-state index contributed by atoms with van der Waals surface area (Å²) in [7, 11) is 0. The number of nitrogens with zero attached hydrogens (tertiary/aromatic N) is 1. The summed E-state index contributed by atoms with van der Waals surface area (Å²) in [4.78, 5) is 0. The number of rotatable bonds is 2. The van der Waals surface area contributed by atoms with Crippen molar-refractivity contribution in [1.29, 1.82) is 0 Å². The Morgan fingerprint density at radius 3 is 2.74 bits per heavy atom. The van der Waals surface area contributed by atoms with Crippen LogP contribution in [-0.4, -0.2) is 4.57 Å². The molecule has 3 rings (SSSR count). The van der Waals surface area contributed by atoms with Gasteiger partial charge in [-0.15, -0.1) is 0 Å². The largest absolute Gasteiger partial charge is 0.343 e. The lowest BCUT2D eigenvalue weighted by Crippen LogP contribution is -1.99. The second-order valence-corrected chi connectivity index (χ2v) is 5.60. The molecule has 0 aliphatic rings. The van der Waals surface area contributed by atoms with Crippen LogP contribution in [0.4, 0.5) is 4.39 Å². The van der Waals surface area contributed by atoms with Crippen LogP contribution >= 0.6 is 15.9 Å². The summed E-state index contributed by atoms with van der Waals surface area (Å²) in [6, 6.07) is 13.3. The van der Waals surface area contributed by atoms with E-state index >= 15 is 0 Å². The summed E-state index contributed by atoms with van der Waals surface area (Å²) in [5.41, 5.74) is 3.52. The Morgan fingerprint density at radius 2 is 1.95 bits per heavy atom. The van der Waals surface area contributed by atoms with E-state index in [1.807, 2.05) is 6.07 Å². The van der Waals surface area contributed by atoms with Crippen LogP contribution < -0.4 is 0 Å². The van der Waals surface area contributed by atoms with Gasteiger partial charge in [-0.25, -0.2) is 4.39 Å². The highest BCUT2D eigenvalue weighted by atomic mass is 79.9. The maximum Gasteiger partial charge on any atom is 0.124 e. The maximum absolute atomic E-state index is 13.1. The van der Waals surface area contributed by atoms with Crippen molar-refractivity contribution in [2.24, 2.45) is 0 Å². The van der Waals surface area contributed by atoms with Gasteiger partial charge in [-0.2, -0.15) is 0 Å². The van der Waals surface area contributed by atoms with Crippen LogP contribution in [0.5, 0.6) is 0 Å². The molecule has 0 atom stereocenters. The fourth-order valence-electron chi connectivity index (χ4n) is 2.27. The third kappa shape index (κ3) is 2.43. The number of aromatic nitrogens is 1. The standard InChI is InChI=1S/C16H13BrFN/c1-11-2-3-12-6-7-19(16(12)8-11)10-13-4-5-14(18)9-15(13)17/h2-9H,10H2,1H3. The lowest BCUT2D eigenvalue weighted by Gasteiger charge is -2.08. The van der Waals surface area contributed by atoms with Crippen LogP contribution in [0.15, 0.2) is 53.1 Å². The summed E-state index contributed by atoms with van der Waals surface area (Å²) in [6.45, 7) is 2.82. The Hall–Kier alpha value is -1.61. The molecule has 19 heavy (non-hydrogen) atoms. The van der Waals surface area contributed by atoms with Crippen molar-refractivity contribution >= 4 is 26.8 Å². The topological polar surface area (TPSA) is 4.93 Å². The first-order valence-electron chi connectivity index (χ1n) is 6.13. The number of hydrogen-bond donors (Lipinski definition) is 0. The molecule has 3 aromatic rings. The van der Waals surface area contributed by atoms with Gasteiger partial charge < -0.3 is 4.57 Å². The fourth-order valence-corrected chi connectivity index (χ4v) is 2.74. The second-order valence-electron chi connectivity index (χ2n) is 4.74. The number of aryl methyl sites for hydroxylation is 1. The molecular formula is C16H13BrFN. The average Bonchev–Trinajstić information content (AvgIpc) is 2.75. The first kappa shape index (κ1) is 12.4. The van der Waals surface area contributed by atoms with Crippen LogP contribution in [0, 0.1) is 12.7 Å². The molecule has 96 valence electrons. The summed E-state index contributed by atoms with van der Waals surface area (Å²) >= 11 is 3.42. The van der Waals surface area contributed by atoms with Crippen molar-refractivity contribution in [1.82, 2.24) is 4.57 Å². The first-order valence-corrected chi connectivity index (χ1v) is 6.92. The highest BCUT2D eigenvalue weighted by molar-refractivity contribution is 9.10. The van der Waals surface area contributed by atoms with Crippen molar-refractivity contribution in [3.63, 3.8) is 0 Å². The van der Waals surface area contributed by atoms with E-state index in [0.29, 0.717) is 0 Å². The van der Waals surface area contributed by atoms with Crippen molar-refractivity contribution < 1.29 is 4.39 Å². The Labute approximate surface area is 119 Å². The van der Waals surface area contributed by atoms with Crippen molar-refractivity contribution in [3.8, 4) is 0 Å². The SMILES string of the molecule is Cc1ccc2ccn(Cc3ccc(F)cc3Br)c2c1. The molecule has 0 aliphatic carbocycles. The minimum Gasteiger partial charge on any atom is -0.343 e. The van der Waals surface area contributed by atoms with E-state index in [-0.39, 0.29) is 5.82 Å². The van der Waals surface area contributed by atoms with E-state index in [4.69, 9.17) is 0 Å². The lowest BCUT2D eigenvalue weighted by molar-refractivity contribution is 0.625. The van der Waals surface area contributed by atoms with Gasteiger partial charge in [0.15, 0.2) is 0 Å². The summed E-state index contributed by atoms with van der Waals surface area (Å²) < 4.78 is 16.1. The molecule has 2 aromatic carbocycles. The van der Waals surface area contributed by atoms with E-state index in [9.17, 15) is 4.39 Å². The smallest absolute Gasteiger partial charge is 0.124 e. The minimum atomic E-state index is -0.219. The predicted molar refractivity (Wildman–Crippen MR) is 79.9 cm³/mol. The van der Waals surface area contributed by atoms with Crippen LogP contribution in [0.2, 0.25) is 0 Å². The van der Waals surface area contributed by atoms with Crippen LogP contribution in [0.25, 0.3) is 10.9 Å². The van der Waals surface area contributed by atoms with Gasteiger partial charge >= 0.3 is 0 Å². The molecule has 0 radical (unpaired) electrons. The Kier molecular flexibility index (Phi) is 3.15. The molecule has 1 heterocycles. The maximum atomic E-state index is 13.1. The average molecular weight is 318 g/mol. The number of halogens is 2. The molecule has 0 spiro atoms. The predicted octanol–water partition coefficient (Wildman–Crippen LogP) is 4.90. The Bertz CT molecular complexity index is 746. The molecule has 1 nitrogen and oxygen atoms in total. The van der Waals surface area contributed by atoms with Gasteiger partial charge in [-0.1, -0.05) is 34.1 Å². The highest BCUT2D eigenvalue weighted by Crippen LogP contribution is 2.23. The molecule has 0 amide bonds. The number of fused-ring (bicyclic) bond motifs is 1. The monoisotopic (exact) mass is 317 g/mol. The van der Waals surface area contributed by atoms with E-state index in [1.54, 1.807) is 0 Å². The van der Waals surface area contributed by atoms with Gasteiger partial charge in [0, 0.05) is 22.7 Å². The molecule has 3 heteroatoms. The zero-order valence-corrected chi connectivity index (χ0v) is 12.1. The molecule has 0 bridgehead atoms. The van der Waals surface area contributed by atoms with E-state index in [2.05, 4.69) is 57.9 Å². The van der Waals surface area contributed by atoms with Crippen molar-refractivity contribution in [2.45, 2.75) is 13.5 Å². The highest BCUT2D eigenvalue weighted by Gasteiger charge is 2.05.